The predicted octanol–water partition coefficient (Wildman–Crippen LogP) is 3.97. The third-order valence-corrected chi connectivity index (χ3v) is 7.63. The molecule has 28 heavy (non-hydrogen) atoms. The van der Waals surface area contributed by atoms with Crippen molar-refractivity contribution in [1.29, 1.82) is 0 Å². The van der Waals surface area contributed by atoms with E-state index >= 15 is 0 Å². The first-order valence-electron chi connectivity index (χ1n) is 8.68. The van der Waals surface area contributed by atoms with Crippen molar-refractivity contribution in [3.05, 3.63) is 47.5 Å². The monoisotopic (exact) mass is 438 g/mol. The summed E-state index contributed by atoms with van der Waals surface area (Å²) in [5.41, 5.74) is 1.04. The van der Waals surface area contributed by atoms with Gasteiger partial charge in [0.25, 0.3) is 0 Å². The molecule has 1 aliphatic rings. The largest absolute Gasteiger partial charge is 0.326 e. The lowest BCUT2D eigenvalue weighted by Gasteiger charge is -2.23. The second-order valence-electron chi connectivity index (χ2n) is 6.29. The van der Waals surface area contributed by atoms with Crippen LogP contribution in [0.2, 0.25) is 5.02 Å². The van der Waals surface area contributed by atoms with Crippen molar-refractivity contribution < 1.29 is 18.0 Å². The molecule has 0 saturated carbocycles. The lowest BCUT2D eigenvalue weighted by molar-refractivity contribution is -0.116. The zero-order valence-electron chi connectivity index (χ0n) is 15.1. The van der Waals surface area contributed by atoms with Crippen molar-refractivity contribution in [2.45, 2.75) is 34.8 Å². The van der Waals surface area contributed by atoms with Gasteiger partial charge in [0.2, 0.25) is 11.8 Å². The smallest absolute Gasteiger partial charge is 0.237 e. The molecule has 0 spiro atoms. The van der Waals surface area contributed by atoms with Gasteiger partial charge < -0.3 is 10.6 Å². The molecule has 2 N–H and O–H groups in total. The average molecular weight is 439 g/mol. The molecule has 6 nitrogen and oxygen atoms in total. The highest BCUT2D eigenvalue weighted by atomic mass is 35.5. The summed E-state index contributed by atoms with van der Waals surface area (Å²) in [5, 5.41) is 5.77. The summed E-state index contributed by atoms with van der Waals surface area (Å²) in [7, 11) is -3.67. The molecule has 0 radical (unpaired) electrons. The first-order chi connectivity index (χ1) is 13.3. The van der Waals surface area contributed by atoms with Crippen molar-refractivity contribution in [3.8, 4) is 0 Å². The van der Waals surface area contributed by atoms with Crippen LogP contribution in [0.25, 0.3) is 0 Å². The molecule has 0 saturated heterocycles. The number of thioether (sulfide) groups is 1. The third-order valence-electron chi connectivity index (χ3n) is 4.23. The number of amides is 2. The quantitative estimate of drug-likeness (QED) is 0.712. The number of carbonyl (C=O) groups is 2. The normalized spacial score (nSPS) is 16.2. The van der Waals surface area contributed by atoms with E-state index < -0.39 is 15.7 Å². The molecule has 2 amide bonds. The molecule has 1 aliphatic heterocycles. The summed E-state index contributed by atoms with van der Waals surface area (Å²) in [6.45, 7) is 1.93. The van der Waals surface area contributed by atoms with E-state index in [1.165, 1.54) is 23.9 Å². The summed E-state index contributed by atoms with van der Waals surface area (Å²) in [6, 6.07) is 11.2. The summed E-state index contributed by atoms with van der Waals surface area (Å²) in [6.07, 6.45) is 0.514. The molecule has 1 heterocycles. The molecule has 0 aromatic heterocycles. The van der Waals surface area contributed by atoms with Gasteiger partial charge in [0.1, 0.15) is 0 Å². The summed E-state index contributed by atoms with van der Waals surface area (Å²) < 4.78 is 25.2. The minimum absolute atomic E-state index is 0.0846. The molecule has 0 aliphatic carbocycles. The Kier molecular flexibility index (Phi) is 6.32. The fraction of sp³-hybridized carbons (Fsp3) is 0.263. The molecule has 3 rings (SSSR count). The number of halogens is 1. The topological polar surface area (TPSA) is 92.3 Å². The Balaban J connectivity index is 1.66. The molecule has 1 atom stereocenters. The van der Waals surface area contributed by atoms with Crippen molar-refractivity contribution in [2.24, 2.45) is 0 Å². The van der Waals surface area contributed by atoms with Crippen LogP contribution < -0.4 is 10.6 Å². The van der Waals surface area contributed by atoms with Gasteiger partial charge in [-0.2, -0.15) is 0 Å². The maximum Gasteiger partial charge on any atom is 0.237 e. The molecule has 2 aromatic rings. The van der Waals surface area contributed by atoms with Gasteiger partial charge in [0.05, 0.1) is 21.6 Å². The Morgan fingerprint density at radius 2 is 1.93 bits per heavy atom. The molecule has 0 bridgehead atoms. The summed E-state index contributed by atoms with van der Waals surface area (Å²) in [4.78, 5) is 25.0. The van der Waals surface area contributed by atoms with Crippen LogP contribution in [-0.4, -0.2) is 31.2 Å². The Morgan fingerprint density at radius 3 is 2.61 bits per heavy atom. The van der Waals surface area contributed by atoms with E-state index in [4.69, 9.17) is 11.6 Å². The number of carbonyl (C=O) groups excluding carboxylic acids is 2. The van der Waals surface area contributed by atoms with Crippen LogP contribution in [0.3, 0.4) is 0 Å². The van der Waals surface area contributed by atoms with Crippen LogP contribution in [0.4, 0.5) is 11.4 Å². The molecule has 0 unspecified atom stereocenters. The Morgan fingerprint density at radius 1 is 1.21 bits per heavy atom. The maximum atomic E-state index is 12.6. The van der Waals surface area contributed by atoms with E-state index in [1.807, 2.05) is 6.92 Å². The van der Waals surface area contributed by atoms with E-state index in [9.17, 15) is 18.0 Å². The molecule has 148 valence electrons. The van der Waals surface area contributed by atoms with E-state index in [0.29, 0.717) is 22.8 Å². The highest BCUT2D eigenvalue weighted by molar-refractivity contribution is 8.01. The number of hydrogen-bond acceptors (Lipinski definition) is 5. The van der Waals surface area contributed by atoms with Crippen LogP contribution in [0.15, 0.2) is 52.3 Å². The van der Waals surface area contributed by atoms with Crippen molar-refractivity contribution in [1.82, 2.24) is 0 Å². The van der Waals surface area contributed by atoms with E-state index in [1.54, 1.807) is 30.3 Å². The SMILES string of the molecule is CC[C@H]1Sc2ccc(S(=O)(=O)CCC(=O)Nc3ccc(Cl)cc3)cc2NC1=O. The zero-order valence-corrected chi connectivity index (χ0v) is 17.5. The molecule has 2 aromatic carbocycles. The average Bonchev–Trinajstić information content (AvgIpc) is 2.67. The van der Waals surface area contributed by atoms with Gasteiger partial charge in [-0.3, -0.25) is 9.59 Å². The Labute approximate surface area is 173 Å². The molecular weight excluding hydrogens is 420 g/mol. The third kappa shape index (κ3) is 4.87. The minimum Gasteiger partial charge on any atom is -0.326 e. The van der Waals surface area contributed by atoms with E-state index in [0.717, 1.165) is 4.90 Å². The van der Waals surface area contributed by atoms with Gasteiger partial charge in [0.15, 0.2) is 9.84 Å². The maximum absolute atomic E-state index is 12.6. The second kappa shape index (κ2) is 8.55. The number of sulfone groups is 1. The first kappa shape index (κ1) is 20.7. The van der Waals surface area contributed by atoms with Crippen molar-refractivity contribution >= 4 is 56.4 Å². The van der Waals surface area contributed by atoms with Gasteiger partial charge in [-0.05, 0) is 48.9 Å². The fourth-order valence-corrected chi connectivity index (χ4v) is 5.10. The van der Waals surface area contributed by atoms with Gasteiger partial charge in [0, 0.05) is 22.0 Å². The van der Waals surface area contributed by atoms with Gasteiger partial charge in [-0.1, -0.05) is 18.5 Å². The molecular formula is C19H19ClN2O4S2. The Hall–Kier alpha value is -2.03. The van der Waals surface area contributed by atoms with E-state index in [2.05, 4.69) is 10.6 Å². The standard InChI is InChI=1S/C19H19ClN2O4S2/c1-2-16-19(24)22-15-11-14(7-8-17(15)27-16)28(25,26)10-9-18(23)21-13-5-3-12(20)4-6-13/h3-8,11,16H,2,9-10H2,1H3,(H,21,23)(H,22,24)/t16-/m1/s1. The van der Waals surface area contributed by atoms with Gasteiger partial charge >= 0.3 is 0 Å². The predicted molar refractivity (Wildman–Crippen MR) is 112 cm³/mol. The second-order valence-corrected chi connectivity index (χ2v) is 10.1. The highest BCUT2D eigenvalue weighted by Gasteiger charge is 2.27. The number of rotatable bonds is 6. The van der Waals surface area contributed by atoms with Crippen LogP contribution in [-0.2, 0) is 19.4 Å². The number of anilines is 2. The first-order valence-corrected chi connectivity index (χ1v) is 11.6. The Bertz CT molecular complexity index is 1010. The summed E-state index contributed by atoms with van der Waals surface area (Å²) in [5.74, 6) is -0.862. The molecule has 9 heteroatoms. The summed E-state index contributed by atoms with van der Waals surface area (Å²) >= 11 is 7.22. The van der Waals surface area contributed by atoms with Gasteiger partial charge in [-0.25, -0.2) is 8.42 Å². The van der Waals surface area contributed by atoms with Crippen LogP contribution in [0, 0.1) is 0 Å². The number of nitrogens with one attached hydrogen (secondary N) is 2. The van der Waals surface area contributed by atoms with E-state index in [-0.39, 0.29) is 28.2 Å². The minimum atomic E-state index is -3.67. The highest BCUT2D eigenvalue weighted by Crippen LogP contribution is 2.38. The zero-order chi connectivity index (χ0) is 20.3. The fourth-order valence-electron chi connectivity index (χ4n) is 2.69. The van der Waals surface area contributed by atoms with Gasteiger partial charge in [-0.15, -0.1) is 11.8 Å². The molecule has 0 fully saturated rings. The lowest BCUT2D eigenvalue weighted by Crippen LogP contribution is -2.28. The van der Waals surface area contributed by atoms with Crippen LogP contribution >= 0.6 is 23.4 Å². The van der Waals surface area contributed by atoms with Crippen molar-refractivity contribution in [3.63, 3.8) is 0 Å². The van der Waals surface area contributed by atoms with Crippen molar-refractivity contribution in [2.75, 3.05) is 16.4 Å². The number of benzene rings is 2. The van der Waals surface area contributed by atoms with Crippen LogP contribution in [0.1, 0.15) is 19.8 Å². The lowest BCUT2D eigenvalue weighted by atomic mass is 10.2. The van der Waals surface area contributed by atoms with Crippen LogP contribution in [0.5, 0.6) is 0 Å². The number of fused-ring (bicyclic) bond motifs is 1. The number of hydrogen-bond donors (Lipinski definition) is 2.